The zero-order chi connectivity index (χ0) is 18.8. The third kappa shape index (κ3) is 3.68. The van der Waals surface area contributed by atoms with E-state index in [0.29, 0.717) is 43.3 Å². The largest absolute Gasteiger partial charge is 0.463 e. The maximum atomic E-state index is 12.7. The lowest BCUT2D eigenvalue weighted by Crippen LogP contribution is -2.57. The number of hydrogen-bond acceptors (Lipinski definition) is 5. The van der Waals surface area contributed by atoms with E-state index in [0.717, 1.165) is 26.2 Å². The van der Waals surface area contributed by atoms with E-state index in [9.17, 15) is 9.59 Å². The van der Waals surface area contributed by atoms with Crippen molar-refractivity contribution in [2.45, 2.75) is 0 Å². The SMILES string of the molecule is CN1CCN(C(=O)N2CCN(C(=O)c3cc(-c4ccco4)[nH]n3)CC2)CC1. The second-order valence-corrected chi connectivity index (χ2v) is 7.00. The lowest BCUT2D eigenvalue weighted by atomic mass is 10.2. The van der Waals surface area contributed by atoms with Crippen molar-refractivity contribution in [3.05, 3.63) is 30.2 Å². The zero-order valence-corrected chi connectivity index (χ0v) is 15.4. The molecule has 2 aromatic heterocycles. The predicted octanol–water partition coefficient (Wildman–Crippen LogP) is 0.795. The highest BCUT2D eigenvalue weighted by Gasteiger charge is 2.29. The van der Waals surface area contributed by atoms with Crippen molar-refractivity contribution in [2.75, 3.05) is 59.4 Å². The van der Waals surface area contributed by atoms with Crippen LogP contribution in [0.1, 0.15) is 10.5 Å². The minimum Gasteiger partial charge on any atom is -0.463 e. The quantitative estimate of drug-likeness (QED) is 0.842. The first kappa shape index (κ1) is 17.6. The van der Waals surface area contributed by atoms with Crippen molar-refractivity contribution in [3.8, 4) is 11.5 Å². The maximum Gasteiger partial charge on any atom is 0.320 e. The molecule has 9 heteroatoms. The van der Waals surface area contributed by atoms with Gasteiger partial charge < -0.3 is 24.0 Å². The van der Waals surface area contributed by atoms with Gasteiger partial charge in [-0.25, -0.2) is 4.79 Å². The Morgan fingerprint density at radius 1 is 1.00 bits per heavy atom. The predicted molar refractivity (Wildman–Crippen MR) is 98.2 cm³/mol. The molecule has 2 fully saturated rings. The summed E-state index contributed by atoms with van der Waals surface area (Å²) in [4.78, 5) is 33.0. The van der Waals surface area contributed by atoms with E-state index in [-0.39, 0.29) is 11.9 Å². The first-order valence-corrected chi connectivity index (χ1v) is 9.23. The summed E-state index contributed by atoms with van der Waals surface area (Å²) in [5.41, 5.74) is 1.03. The molecule has 4 rings (SSSR count). The summed E-state index contributed by atoms with van der Waals surface area (Å²) in [7, 11) is 2.07. The molecule has 27 heavy (non-hydrogen) atoms. The van der Waals surface area contributed by atoms with Crippen molar-refractivity contribution in [1.82, 2.24) is 29.8 Å². The molecule has 0 unspecified atom stereocenters. The molecule has 144 valence electrons. The Morgan fingerprint density at radius 3 is 2.26 bits per heavy atom. The minimum atomic E-state index is -0.129. The van der Waals surface area contributed by atoms with E-state index < -0.39 is 0 Å². The topological polar surface area (TPSA) is 88.9 Å². The number of nitrogens with one attached hydrogen (secondary N) is 1. The van der Waals surface area contributed by atoms with Gasteiger partial charge in [0.25, 0.3) is 5.91 Å². The normalized spacial score (nSPS) is 18.8. The zero-order valence-electron chi connectivity index (χ0n) is 15.4. The van der Waals surface area contributed by atoms with Gasteiger partial charge in [0, 0.05) is 58.4 Å². The van der Waals surface area contributed by atoms with Crippen molar-refractivity contribution in [1.29, 1.82) is 0 Å². The van der Waals surface area contributed by atoms with Gasteiger partial charge in [-0.3, -0.25) is 9.89 Å². The van der Waals surface area contributed by atoms with Crippen molar-refractivity contribution in [3.63, 3.8) is 0 Å². The van der Waals surface area contributed by atoms with E-state index in [1.807, 2.05) is 15.9 Å². The molecule has 0 radical (unpaired) electrons. The number of nitrogens with zero attached hydrogens (tertiary/aromatic N) is 5. The molecule has 0 atom stereocenters. The Balaban J connectivity index is 1.32. The summed E-state index contributed by atoms with van der Waals surface area (Å²) < 4.78 is 5.31. The van der Waals surface area contributed by atoms with Crippen molar-refractivity contribution in [2.24, 2.45) is 0 Å². The molecule has 2 aliphatic heterocycles. The van der Waals surface area contributed by atoms with E-state index in [1.165, 1.54) is 0 Å². The highest BCUT2D eigenvalue weighted by Crippen LogP contribution is 2.19. The Hall–Kier alpha value is -2.81. The minimum absolute atomic E-state index is 0.0788. The Labute approximate surface area is 157 Å². The number of H-pyrrole nitrogens is 1. The van der Waals surface area contributed by atoms with Gasteiger partial charge in [-0.1, -0.05) is 0 Å². The van der Waals surface area contributed by atoms with Gasteiger partial charge in [-0.15, -0.1) is 0 Å². The summed E-state index contributed by atoms with van der Waals surface area (Å²) in [5, 5.41) is 6.95. The van der Waals surface area contributed by atoms with Crippen LogP contribution in [0, 0.1) is 0 Å². The average molecular weight is 372 g/mol. The third-order valence-electron chi connectivity index (χ3n) is 5.19. The van der Waals surface area contributed by atoms with Crippen LogP contribution in [0.15, 0.2) is 28.9 Å². The van der Waals surface area contributed by atoms with Crippen LogP contribution in [0.25, 0.3) is 11.5 Å². The molecule has 0 saturated carbocycles. The highest BCUT2D eigenvalue weighted by atomic mass is 16.3. The Kier molecular flexibility index (Phi) is 4.85. The van der Waals surface area contributed by atoms with Crippen molar-refractivity contribution >= 4 is 11.9 Å². The Bertz CT molecular complexity index is 786. The second kappa shape index (κ2) is 7.43. The second-order valence-electron chi connectivity index (χ2n) is 7.00. The van der Waals surface area contributed by atoms with Gasteiger partial charge in [-0.05, 0) is 19.2 Å². The molecule has 2 aliphatic rings. The fraction of sp³-hybridized carbons (Fsp3) is 0.500. The number of urea groups is 1. The standard InChI is InChI=1S/C18H24N6O3/c1-21-4-6-23(7-5-21)18(26)24-10-8-22(9-11-24)17(25)15-13-14(19-20-15)16-3-2-12-27-16/h2-3,12-13H,4-11H2,1H3,(H,19,20). The number of piperazine rings is 2. The van der Waals surface area contributed by atoms with Crippen molar-refractivity contribution < 1.29 is 14.0 Å². The van der Waals surface area contributed by atoms with Crippen LogP contribution in [0.4, 0.5) is 4.79 Å². The maximum absolute atomic E-state index is 12.7. The summed E-state index contributed by atoms with van der Waals surface area (Å²) in [6.07, 6.45) is 1.58. The number of carbonyl (C=O) groups is 2. The molecule has 0 spiro atoms. The first-order valence-electron chi connectivity index (χ1n) is 9.23. The van der Waals surface area contributed by atoms with Crippen LogP contribution in [0.3, 0.4) is 0 Å². The van der Waals surface area contributed by atoms with Gasteiger partial charge >= 0.3 is 6.03 Å². The molecule has 0 bridgehead atoms. The summed E-state index contributed by atoms with van der Waals surface area (Å²) in [5.74, 6) is 0.514. The van der Waals surface area contributed by atoms with Gasteiger partial charge in [-0.2, -0.15) is 5.10 Å². The summed E-state index contributed by atoms with van der Waals surface area (Å²) in [6.45, 7) is 5.46. The third-order valence-corrected chi connectivity index (χ3v) is 5.19. The molecule has 4 heterocycles. The van der Waals surface area contributed by atoms with E-state index >= 15 is 0 Å². The Morgan fingerprint density at radius 2 is 1.63 bits per heavy atom. The van der Waals surface area contributed by atoms with Crippen LogP contribution in [-0.2, 0) is 0 Å². The molecule has 0 aromatic carbocycles. The molecule has 9 nitrogen and oxygen atoms in total. The van der Waals surface area contributed by atoms with Crippen LogP contribution < -0.4 is 0 Å². The molecule has 3 amide bonds. The number of aromatic nitrogens is 2. The van der Waals surface area contributed by atoms with Crippen LogP contribution in [-0.4, -0.2) is 101 Å². The number of rotatable bonds is 2. The molecule has 1 N–H and O–H groups in total. The van der Waals surface area contributed by atoms with E-state index in [4.69, 9.17) is 4.42 Å². The smallest absolute Gasteiger partial charge is 0.320 e. The number of hydrogen-bond donors (Lipinski definition) is 1. The fourth-order valence-corrected chi connectivity index (χ4v) is 3.45. The lowest BCUT2D eigenvalue weighted by Gasteiger charge is -2.39. The van der Waals surface area contributed by atoms with E-state index in [1.54, 1.807) is 23.3 Å². The summed E-state index contributed by atoms with van der Waals surface area (Å²) in [6, 6.07) is 5.37. The number of carbonyl (C=O) groups excluding carboxylic acids is 2. The summed E-state index contributed by atoms with van der Waals surface area (Å²) >= 11 is 0. The van der Waals surface area contributed by atoms with Crippen LogP contribution in [0.2, 0.25) is 0 Å². The molecular formula is C18H24N6O3. The molecule has 2 aromatic rings. The van der Waals surface area contributed by atoms with Gasteiger partial charge in [0.1, 0.15) is 5.69 Å². The van der Waals surface area contributed by atoms with Crippen LogP contribution >= 0.6 is 0 Å². The van der Waals surface area contributed by atoms with E-state index in [2.05, 4.69) is 22.1 Å². The number of amides is 3. The lowest BCUT2D eigenvalue weighted by molar-refractivity contribution is 0.0614. The monoisotopic (exact) mass is 372 g/mol. The molecule has 2 saturated heterocycles. The van der Waals surface area contributed by atoms with Gasteiger partial charge in [0.15, 0.2) is 11.5 Å². The first-order chi connectivity index (χ1) is 13.1. The number of furan rings is 1. The average Bonchev–Trinajstić information content (AvgIpc) is 3.39. The molecule has 0 aliphatic carbocycles. The molecular weight excluding hydrogens is 348 g/mol. The number of likely N-dealkylation sites (N-methyl/N-ethyl adjacent to an activating group) is 1. The van der Waals surface area contributed by atoms with Gasteiger partial charge in [0.05, 0.1) is 6.26 Å². The highest BCUT2D eigenvalue weighted by molar-refractivity contribution is 5.93. The number of aromatic amines is 1. The fourth-order valence-electron chi connectivity index (χ4n) is 3.45. The van der Waals surface area contributed by atoms with Gasteiger partial charge in [0.2, 0.25) is 0 Å². The van der Waals surface area contributed by atoms with Crippen LogP contribution in [0.5, 0.6) is 0 Å².